The van der Waals surface area contributed by atoms with E-state index in [1.54, 1.807) is 6.92 Å². The Morgan fingerprint density at radius 3 is 2.46 bits per heavy atom. The number of carbonyl (C=O) groups is 2. The van der Waals surface area contributed by atoms with Gasteiger partial charge in [0.2, 0.25) is 10.0 Å². The molecule has 1 amide bonds. The maximum atomic E-state index is 12.1. The van der Waals surface area contributed by atoms with Gasteiger partial charge in [0, 0.05) is 12.1 Å². The van der Waals surface area contributed by atoms with Crippen LogP contribution < -0.4 is 10.0 Å². The smallest absolute Gasteiger partial charge is 0.328 e. The number of aliphatic carboxylic acids is 1. The van der Waals surface area contributed by atoms with Crippen LogP contribution in [-0.4, -0.2) is 51.2 Å². The fourth-order valence-corrected chi connectivity index (χ4v) is 2.79. The van der Waals surface area contributed by atoms with Gasteiger partial charge in [0.25, 0.3) is 5.91 Å². The number of hydrogen-bond donors (Lipinski definition) is 3. The van der Waals surface area contributed by atoms with Gasteiger partial charge < -0.3 is 15.2 Å². The minimum atomic E-state index is -3.61. The highest BCUT2D eigenvalue weighted by molar-refractivity contribution is 7.89. The van der Waals surface area contributed by atoms with Crippen LogP contribution in [0.1, 0.15) is 17.3 Å². The van der Waals surface area contributed by atoms with Crippen LogP contribution in [0, 0.1) is 0 Å². The van der Waals surface area contributed by atoms with Crippen molar-refractivity contribution in [3.05, 3.63) is 42.5 Å². The van der Waals surface area contributed by atoms with Crippen LogP contribution in [0.5, 0.6) is 0 Å². The lowest BCUT2D eigenvalue weighted by Crippen LogP contribution is -2.44. The summed E-state index contributed by atoms with van der Waals surface area (Å²) in [7, 11) is -3.61. The van der Waals surface area contributed by atoms with Gasteiger partial charge in [0.15, 0.2) is 6.04 Å². The standard InChI is InChI=1S/C15H20N2O6S/c1-3-9-23-10-13(15(19)20)17-14(18)11-5-7-12(8-6-11)24(21,22)16-4-2/h3,5-8,13,16H,1,4,9-10H2,2H3,(H,17,18)(H,19,20). The minimum Gasteiger partial charge on any atom is -0.480 e. The molecule has 1 aromatic carbocycles. The highest BCUT2D eigenvalue weighted by atomic mass is 32.2. The molecule has 8 nitrogen and oxygen atoms in total. The molecule has 0 bridgehead atoms. The molecule has 0 aromatic heterocycles. The summed E-state index contributed by atoms with van der Waals surface area (Å²) in [5.41, 5.74) is 0.139. The predicted octanol–water partition coefficient (Wildman–Crippen LogP) is 0.370. The first-order valence-electron chi connectivity index (χ1n) is 7.13. The highest BCUT2D eigenvalue weighted by Gasteiger charge is 2.21. The molecular formula is C15H20N2O6S. The molecule has 24 heavy (non-hydrogen) atoms. The summed E-state index contributed by atoms with van der Waals surface area (Å²) in [6, 6.07) is 3.95. The van der Waals surface area contributed by atoms with E-state index in [1.807, 2.05) is 0 Å². The van der Waals surface area contributed by atoms with Crippen molar-refractivity contribution in [1.82, 2.24) is 10.0 Å². The molecular weight excluding hydrogens is 336 g/mol. The van der Waals surface area contributed by atoms with Crippen molar-refractivity contribution in [1.29, 1.82) is 0 Å². The molecule has 0 radical (unpaired) electrons. The van der Waals surface area contributed by atoms with E-state index in [0.717, 1.165) is 0 Å². The average molecular weight is 356 g/mol. The van der Waals surface area contributed by atoms with Crippen LogP contribution in [-0.2, 0) is 19.6 Å². The number of nitrogens with one attached hydrogen (secondary N) is 2. The molecule has 0 fully saturated rings. The zero-order valence-corrected chi connectivity index (χ0v) is 14.0. The number of sulfonamides is 1. The number of benzene rings is 1. The molecule has 0 spiro atoms. The summed E-state index contributed by atoms with van der Waals surface area (Å²) in [5, 5.41) is 11.4. The molecule has 132 valence electrons. The molecule has 1 unspecified atom stereocenters. The lowest BCUT2D eigenvalue weighted by atomic mass is 10.2. The summed E-state index contributed by atoms with van der Waals surface area (Å²) in [5.74, 6) is -1.88. The summed E-state index contributed by atoms with van der Waals surface area (Å²) in [6.45, 7) is 5.29. The second-order valence-electron chi connectivity index (χ2n) is 4.72. The SMILES string of the molecule is C=CCOCC(NC(=O)c1ccc(S(=O)(=O)NCC)cc1)C(=O)O. The van der Waals surface area contributed by atoms with E-state index in [4.69, 9.17) is 9.84 Å². The van der Waals surface area contributed by atoms with Gasteiger partial charge in [-0.2, -0.15) is 0 Å². The third kappa shape index (κ3) is 5.76. The van der Waals surface area contributed by atoms with Crippen molar-refractivity contribution in [3.8, 4) is 0 Å². The van der Waals surface area contributed by atoms with E-state index in [-0.39, 0.29) is 30.2 Å². The quantitative estimate of drug-likeness (QED) is 0.411. The molecule has 1 atom stereocenters. The number of carboxylic acid groups (broad SMARTS) is 1. The maximum absolute atomic E-state index is 12.1. The molecule has 0 saturated heterocycles. The summed E-state index contributed by atoms with van der Waals surface area (Å²) in [4.78, 5) is 23.2. The first kappa shape index (κ1) is 19.8. The van der Waals surface area contributed by atoms with Gasteiger partial charge in [-0.1, -0.05) is 13.0 Å². The summed E-state index contributed by atoms with van der Waals surface area (Å²) in [6.07, 6.45) is 1.46. The Balaban J connectivity index is 2.80. The second-order valence-corrected chi connectivity index (χ2v) is 6.48. The summed E-state index contributed by atoms with van der Waals surface area (Å²) < 4.78 is 31.0. The molecule has 9 heteroatoms. The van der Waals surface area contributed by atoms with Crippen molar-refractivity contribution < 1.29 is 27.9 Å². The monoisotopic (exact) mass is 356 g/mol. The number of rotatable bonds is 10. The van der Waals surface area contributed by atoms with E-state index >= 15 is 0 Å². The normalized spacial score (nSPS) is 12.4. The Morgan fingerprint density at radius 2 is 1.96 bits per heavy atom. The minimum absolute atomic E-state index is 0.0185. The van der Waals surface area contributed by atoms with Crippen LogP contribution in [0.3, 0.4) is 0 Å². The zero-order valence-electron chi connectivity index (χ0n) is 13.2. The Morgan fingerprint density at radius 1 is 1.33 bits per heavy atom. The van der Waals surface area contributed by atoms with E-state index in [9.17, 15) is 18.0 Å². The van der Waals surface area contributed by atoms with Crippen molar-refractivity contribution in [2.24, 2.45) is 0 Å². The number of amides is 1. The molecule has 3 N–H and O–H groups in total. The van der Waals surface area contributed by atoms with Crippen LogP contribution >= 0.6 is 0 Å². The van der Waals surface area contributed by atoms with E-state index in [0.29, 0.717) is 0 Å². The van der Waals surface area contributed by atoms with Crippen molar-refractivity contribution in [2.75, 3.05) is 19.8 Å². The van der Waals surface area contributed by atoms with Gasteiger partial charge in [-0.15, -0.1) is 6.58 Å². The van der Waals surface area contributed by atoms with E-state index < -0.39 is 27.9 Å². The van der Waals surface area contributed by atoms with Crippen LogP contribution in [0.15, 0.2) is 41.8 Å². The number of carboxylic acids is 1. The van der Waals surface area contributed by atoms with Gasteiger partial charge in [-0.25, -0.2) is 17.9 Å². The molecule has 1 rings (SSSR count). The molecule has 0 saturated carbocycles. The largest absolute Gasteiger partial charge is 0.480 e. The predicted molar refractivity (Wildman–Crippen MR) is 87.2 cm³/mol. The third-order valence-electron chi connectivity index (χ3n) is 2.88. The Kier molecular flexibility index (Phi) is 7.56. The fraction of sp³-hybridized carbons (Fsp3) is 0.333. The van der Waals surface area contributed by atoms with Crippen LogP contribution in [0.25, 0.3) is 0 Å². The Labute approximate surface area is 140 Å². The number of hydrogen-bond acceptors (Lipinski definition) is 5. The van der Waals surface area contributed by atoms with E-state index in [2.05, 4.69) is 16.6 Å². The van der Waals surface area contributed by atoms with Gasteiger partial charge in [0.1, 0.15) is 0 Å². The Hall–Kier alpha value is -2.23. The van der Waals surface area contributed by atoms with Crippen molar-refractivity contribution >= 4 is 21.9 Å². The molecule has 0 aliphatic heterocycles. The van der Waals surface area contributed by atoms with Crippen molar-refractivity contribution in [2.45, 2.75) is 17.9 Å². The molecule has 0 aliphatic rings. The summed E-state index contributed by atoms with van der Waals surface area (Å²) >= 11 is 0. The number of ether oxygens (including phenoxy) is 1. The van der Waals surface area contributed by atoms with E-state index in [1.165, 1.54) is 30.3 Å². The lowest BCUT2D eigenvalue weighted by molar-refractivity contribution is -0.140. The van der Waals surface area contributed by atoms with Gasteiger partial charge >= 0.3 is 5.97 Å². The fourth-order valence-electron chi connectivity index (χ4n) is 1.74. The van der Waals surface area contributed by atoms with Crippen LogP contribution in [0.2, 0.25) is 0 Å². The highest BCUT2D eigenvalue weighted by Crippen LogP contribution is 2.10. The first-order chi connectivity index (χ1) is 11.3. The average Bonchev–Trinajstić information content (AvgIpc) is 2.54. The van der Waals surface area contributed by atoms with Crippen LogP contribution in [0.4, 0.5) is 0 Å². The van der Waals surface area contributed by atoms with Crippen molar-refractivity contribution in [3.63, 3.8) is 0 Å². The molecule has 1 aromatic rings. The second kappa shape index (κ2) is 9.16. The topological polar surface area (TPSA) is 122 Å². The molecule has 0 aliphatic carbocycles. The molecule has 0 heterocycles. The van der Waals surface area contributed by atoms with Gasteiger partial charge in [-0.05, 0) is 24.3 Å². The number of carbonyl (C=O) groups excluding carboxylic acids is 1. The third-order valence-corrected chi connectivity index (χ3v) is 4.45. The maximum Gasteiger partial charge on any atom is 0.328 e. The Bertz CT molecular complexity index is 684. The first-order valence-corrected chi connectivity index (χ1v) is 8.62. The van der Waals surface area contributed by atoms with Gasteiger partial charge in [0.05, 0.1) is 18.1 Å². The lowest BCUT2D eigenvalue weighted by Gasteiger charge is -2.14. The zero-order chi connectivity index (χ0) is 18.2. The van der Waals surface area contributed by atoms with Gasteiger partial charge in [-0.3, -0.25) is 4.79 Å².